The van der Waals surface area contributed by atoms with Crippen molar-refractivity contribution in [2.45, 2.75) is 26.3 Å². The molecule has 0 radical (unpaired) electrons. The number of carboxylic acids is 1. The Balaban J connectivity index is 2.71. The second-order valence-corrected chi connectivity index (χ2v) is 5.23. The zero-order valence-corrected chi connectivity index (χ0v) is 12.5. The minimum atomic E-state index is -1.07. The maximum absolute atomic E-state index is 11.8. The molecule has 1 aromatic rings. The molecule has 1 amide bonds. The maximum atomic E-state index is 11.8. The summed E-state index contributed by atoms with van der Waals surface area (Å²) < 4.78 is 0.553. The Morgan fingerprint density at radius 2 is 2.05 bits per heavy atom. The van der Waals surface area contributed by atoms with E-state index in [-0.39, 0.29) is 11.5 Å². The minimum Gasteiger partial charge on any atom is -0.478 e. The minimum absolute atomic E-state index is 0.0690. The molecule has 0 atom stereocenters. The molecule has 3 N–H and O–H groups in total. The van der Waals surface area contributed by atoms with Crippen molar-refractivity contribution in [2.75, 3.05) is 11.9 Å². The molecule has 0 bridgehead atoms. The third kappa shape index (κ3) is 5.00. The van der Waals surface area contributed by atoms with Crippen molar-refractivity contribution in [1.82, 2.24) is 5.32 Å². The summed E-state index contributed by atoms with van der Waals surface area (Å²) in [5.74, 6) is -1.29. The first-order valence-electron chi connectivity index (χ1n) is 5.97. The Morgan fingerprint density at radius 1 is 1.37 bits per heavy atom. The SMILES string of the molecule is CC(C)NCCC(=O)Nc1c(Br)cccc1C(=O)O. The van der Waals surface area contributed by atoms with Crippen molar-refractivity contribution in [2.24, 2.45) is 0 Å². The Hall–Kier alpha value is -1.40. The van der Waals surface area contributed by atoms with Crippen LogP contribution >= 0.6 is 15.9 Å². The van der Waals surface area contributed by atoms with E-state index >= 15 is 0 Å². The predicted octanol–water partition coefficient (Wildman–Crippen LogP) is 2.47. The number of carbonyl (C=O) groups excluding carboxylic acids is 1. The number of amides is 1. The average Bonchev–Trinajstić information content (AvgIpc) is 2.30. The highest BCUT2D eigenvalue weighted by atomic mass is 79.9. The molecule has 0 aliphatic rings. The van der Waals surface area contributed by atoms with Gasteiger partial charge in [0.25, 0.3) is 0 Å². The second-order valence-electron chi connectivity index (χ2n) is 4.37. The van der Waals surface area contributed by atoms with Gasteiger partial charge in [0.05, 0.1) is 11.3 Å². The lowest BCUT2D eigenvalue weighted by molar-refractivity contribution is -0.116. The highest BCUT2D eigenvalue weighted by molar-refractivity contribution is 9.10. The number of rotatable bonds is 6. The van der Waals surface area contributed by atoms with Gasteiger partial charge in [0.1, 0.15) is 0 Å². The first-order valence-corrected chi connectivity index (χ1v) is 6.76. The van der Waals surface area contributed by atoms with E-state index in [1.54, 1.807) is 12.1 Å². The van der Waals surface area contributed by atoms with E-state index in [1.807, 2.05) is 13.8 Å². The van der Waals surface area contributed by atoms with Crippen molar-refractivity contribution >= 4 is 33.5 Å². The summed E-state index contributed by atoms with van der Waals surface area (Å²) >= 11 is 3.24. The van der Waals surface area contributed by atoms with E-state index in [4.69, 9.17) is 5.11 Å². The van der Waals surface area contributed by atoms with Crippen molar-refractivity contribution in [1.29, 1.82) is 0 Å². The molecule has 0 spiro atoms. The fraction of sp³-hybridized carbons (Fsp3) is 0.385. The van der Waals surface area contributed by atoms with Crippen molar-refractivity contribution in [3.05, 3.63) is 28.2 Å². The van der Waals surface area contributed by atoms with E-state index in [2.05, 4.69) is 26.6 Å². The van der Waals surface area contributed by atoms with Crippen LogP contribution in [0.3, 0.4) is 0 Å². The number of anilines is 1. The highest BCUT2D eigenvalue weighted by Crippen LogP contribution is 2.26. The maximum Gasteiger partial charge on any atom is 0.337 e. The van der Waals surface area contributed by atoms with Crippen LogP contribution in [0.25, 0.3) is 0 Å². The van der Waals surface area contributed by atoms with Gasteiger partial charge in [-0.2, -0.15) is 0 Å². The Morgan fingerprint density at radius 3 is 2.63 bits per heavy atom. The molecule has 0 aliphatic heterocycles. The molecule has 0 aliphatic carbocycles. The standard InChI is InChI=1S/C13H17BrN2O3/c1-8(2)15-7-6-11(17)16-12-9(13(18)19)4-3-5-10(12)14/h3-5,8,15H,6-7H2,1-2H3,(H,16,17)(H,18,19). The Kier molecular flexibility index (Phi) is 5.98. The summed E-state index contributed by atoms with van der Waals surface area (Å²) in [6.07, 6.45) is 0.290. The summed E-state index contributed by atoms with van der Waals surface area (Å²) in [7, 11) is 0. The lowest BCUT2D eigenvalue weighted by Crippen LogP contribution is -2.27. The molecule has 104 valence electrons. The number of hydrogen-bond acceptors (Lipinski definition) is 3. The van der Waals surface area contributed by atoms with Crippen molar-refractivity contribution < 1.29 is 14.7 Å². The fourth-order valence-corrected chi connectivity index (χ4v) is 1.97. The van der Waals surface area contributed by atoms with Gasteiger partial charge in [-0.25, -0.2) is 4.79 Å². The molecule has 0 fully saturated rings. The molecular weight excluding hydrogens is 312 g/mol. The number of carbonyl (C=O) groups is 2. The number of hydrogen-bond donors (Lipinski definition) is 3. The lowest BCUT2D eigenvalue weighted by Gasteiger charge is -2.11. The summed E-state index contributed by atoms with van der Waals surface area (Å²) in [5.41, 5.74) is 0.365. The van der Waals surface area contributed by atoms with Crippen LogP contribution < -0.4 is 10.6 Å². The molecule has 1 rings (SSSR count). The number of aromatic carboxylic acids is 1. The summed E-state index contributed by atoms with van der Waals surface area (Å²) in [5, 5.41) is 14.8. The highest BCUT2D eigenvalue weighted by Gasteiger charge is 2.14. The van der Waals surface area contributed by atoms with Crippen LogP contribution in [0.5, 0.6) is 0 Å². The molecule has 0 heterocycles. The van der Waals surface area contributed by atoms with Gasteiger partial charge >= 0.3 is 5.97 Å². The van der Waals surface area contributed by atoms with Crippen LogP contribution in [0.1, 0.15) is 30.6 Å². The van der Waals surface area contributed by atoms with Gasteiger partial charge in [0, 0.05) is 23.5 Å². The van der Waals surface area contributed by atoms with Gasteiger partial charge in [0.15, 0.2) is 0 Å². The van der Waals surface area contributed by atoms with Gasteiger partial charge in [-0.15, -0.1) is 0 Å². The number of benzene rings is 1. The van der Waals surface area contributed by atoms with Gasteiger partial charge < -0.3 is 15.7 Å². The Labute approximate surface area is 120 Å². The zero-order valence-electron chi connectivity index (χ0n) is 10.9. The van der Waals surface area contributed by atoms with Crippen molar-refractivity contribution in [3.63, 3.8) is 0 Å². The third-order valence-electron chi connectivity index (χ3n) is 2.41. The average molecular weight is 329 g/mol. The topological polar surface area (TPSA) is 78.4 Å². The normalized spacial score (nSPS) is 10.5. The zero-order chi connectivity index (χ0) is 14.4. The number of nitrogens with one attached hydrogen (secondary N) is 2. The molecule has 1 aromatic carbocycles. The van der Waals surface area contributed by atoms with Crippen LogP contribution in [0.15, 0.2) is 22.7 Å². The predicted molar refractivity (Wildman–Crippen MR) is 77.5 cm³/mol. The molecule has 19 heavy (non-hydrogen) atoms. The molecule has 0 saturated heterocycles. The molecule has 0 aromatic heterocycles. The lowest BCUT2D eigenvalue weighted by atomic mass is 10.1. The smallest absolute Gasteiger partial charge is 0.337 e. The summed E-state index contributed by atoms with van der Waals surface area (Å²) in [6, 6.07) is 5.07. The van der Waals surface area contributed by atoms with Gasteiger partial charge in [-0.1, -0.05) is 19.9 Å². The van der Waals surface area contributed by atoms with E-state index in [9.17, 15) is 9.59 Å². The van der Waals surface area contributed by atoms with Crippen LogP contribution in [0, 0.1) is 0 Å². The first kappa shape index (κ1) is 15.7. The number of halogens is 1. The third-order valence-corrected chi connectivity index (χ3v) is 3.07. The quantitative estimate of drug-likeness (QED) is 0.749. The van der Waals surface area contributed by atoms with E-state index in [0.29, 0.717) is 29.2 Å². The summed E-state index contributed by atoms with van der Waals surface area (Å²) in [4.78, 5) is 22.8. The Bertz CT molecular complexity index is 475. The van der Waals surface area contributed by atoms with Gasteiger partial charge in [-0.05, 0) is 28.1 Å². The van der Waals surface area contributed by atoms with Gasteiger partial charge in [-0.3, -0.25) is 4.79 Å². The molecule has 5 nitrogen and oxygen atoms in total. The van der Waals surface area contributed by atoms with Crippen LogP contribution in [-0.4, -0.2) is 29.6 Å². The van der Waals surface area contributed by atoms with Crippen LogP contribution in [0.2, 0.25) is 0 Å². The first-order chi connectivity index (χ1) is 8.91. The second kappa shape index (κ2) is 7.25. The van der Waals surface area contributed by atoms with Gasteiger partial charge in [0.2, 0.25) is 5.91 Å². The molecule has 6 heteroatoms. The van der Waals surface area contributed by atoms with E-state index in [0.717, 1.165) is 0 Å². The number of para-hydroxylation sites is 1. The number of carboxylic acid groups (broad SMARTS) is 1. The van der Waals surface area contributed by atoms with E-state index < -0.39 is 5.97 Å². The van der Waals surface area contributed by atoms with Crippen LogP contribution in [-0.2, 0) is 4.79 Å². The molecular formula is C13H17BrN2O3. The molecule has 0 saturated carbocycles. The monoisotopic (exact) mass is 328 g/mol. The fourth-order valence-electron chi connectivity index (χ4n) is 1.51. The summed E-state index contributed by atoms with van der Waals surface area (Å²) in [6.45, 7) is 4.54. The molecule has 0 unspecified atom stereocenters. The van der Waals surface area contributed by atoms with Crippen molar-refractivity contribution in [3.8, 4) is 0 Å². The van der Waals surface area contributed by atoms with E-state index in [1.165, 1.54) is 6.07 Å². The van der Waals surface area contributed by atoms with Crippen LogP contribution in [0.4, 0.5) is 5.69 Å². The largest absolute Gasteiger partial charge is 0.478 e.